The minimum Gasteiger partial charge on any atom is -0.459 e. The molecule has 0 fully saturated rings. The van der Waals surface area contributed by atoms with E-state index in [0.717, 1.165) is 24.3 Å². The van der Waals surface area contributed by atoms with Crippen LogP contribution in [-0.2, 0) is 28.6 Å². The molecule has 0 aliphatic carbocycles. The maximum atomic E-state index is 11.7. The van der Waals surface area contributed by atoms with Crippen molar-refractivity contribution in [3.63, 3.8) is 0 Å². The second kappa shape index (κ2) is 9.19. The molecule has 1 aliphatic heterocycles. The Morgan fingerprint density at radius 2 is 1.29 bits per heavy atom. The van der Waals surface area contributed by atoms with Crippen molar-refractivity contribution >= 4 is 17.9 Å². The molecule has 0 spiro atoms. The lowest BCUT2D eigenvalue weighted by Crippen LogP contribution is -2.30. The molecule has 0 aromatic heterocycles. The average molecular weight is 342 g/mol. The van der Waals surface area contributed by atoms with Gasteiger partial charge in [-0.15, -0.1) is 0 Å². The van der Waals surface area contributed by atoms with Gasteiger partial charge >= 0.3 is 17.9 Å². The summed E-state index contributed by atoms with van der Waals surface area (Å²) in [4.78, 5) is 34.9. The average Bonchev–Trinajstić information content (AvgIpc) is 2.48. The summed E-state index contributed by atoms with van der Waals surface area (Å²) in [6.45, 7) is 4.41. The van der Waals surface area contributed by atoms with Crippen molar-refractivity contribution in [3.8, 4) is 0 Å². The van der Waals surface area contributed by atoms with Gasteiger partial charge < -0.3 is 24.4 Å². The highest BCUT2D eigenvalue weighted by atomic mass is 16.6. The molecule has 24 heavy (non-hydrogen) atoms. The zero-order valence-corrected chi connectivity index (χ0v) is 13.7. The first-order chi connectivity index (χ1) is 11.2. The third kappa shape index (κ3) is 6.93. The molecule has 1 rings (SSSR count). The lowest BCUT2D eigenvalue weighted by atomic mass is 10.2. The largest absolute Gasteiger partial charge is 0.459 e. The van der Waals surface area contributed by atoms with Gasteiger partial charge in [0.05, 0.1) is 6.42 Å². The number of aliphatic hydroxyl groups is 2. The number of esters is 3. The summed E-state index contributed by atoms with van der Waals surface area (Å²) in [6, 6.07) is 0. The molecule has 8 heteroatoms. The van der Waals surface area contributed by atoms with Gasteiger partial charge in [0.15, 0.2) is 0 Å². The third-order valence-corrected chi connectivity index (χ3v) is 3.21. The van der Waals surface area contributed by atoms with E-state index >= 15 is 0 Å². The number of ether oxygens (including phenoxy) is 3. The summed E-state index contributed by atoms with van der Waals surface area (Å²) in [6.07, 6.45) is -0.961. The number of carbonyl (C=O) groups is 3. The standard InChI is InChI=1S/C16H22O8/c1-9-8-16(21)24-11(3)13(18)5-7-15(20)23-10(2)12(17)4-6-14(19)22-9/h4-7,9-13,17-18H,8H2,1-3H3/b6-4+,7-5+/t9-,10-,11-,12-,13-/m0/s1. The lowest BCUT2D eigenvalue weighted by Gasteiger charge is -2.19. The van der Waals surface area contributed by atoms with Crippen LogP contribution in [-0.4, -0.2) is 58.6 Å². The van der Waals surface area contributed by atoms with Crippen LogP contribution in [0.25, 0.3) is 0 Å². The molecule has 0 aromatic carbocycles. The lowest BCUT2D eigenvalue weighted by molar-refractivity contribution is -0.157. The van der Waals surface area contributed by atoms with Crippen LogP contribution in [0.3, 0.4) is 0 Å². The zero-order valence-electron chi connectivity index (χ0n) is 13.7. The van der Waals surface area contributed by atoms with Crippen LogP contribution in [0, 0.1) is 0 Å². The molecular weight excluding hydrogens is 320 g/mol. The Labute approximate surface area is 139 Å². The molecule has 0 unspecified atom stereocenters. The minimum atomic E-state index is -1.22. The fourth-order valence-electron chi connectivity index (χ4n) is 1.80. The number of rotatable bonds is 0. The van der Waals surface area contributed by atoms with Crippen molar-refractivity contribution in [1.82, 2.24) is 0 Å². The predicted octanol–water partition coefficient (Wildman–Crippen LogP) is 0.0194. The molecule has 134 valence electrons. The monoisotopic (exact) mass is 342 g/mol. The molecule has 0 radical (unpaired) electrons. The van der Waals surface area contributed by atoms with Crippen LogP contribution < -0.4 is 0 Å². The molecule has 1 heterocycles. The van der Waals surface area contributed by atoms with Gasteiger partial charge in [-0.1, -0.05) is 0 Å². The van der Waals surface area contributed by atoms with Crippen LogP contribution in [0.4, 0.5) is 0 Å². The summed E-state index contributed by atoms with van der Waals surface area (Å²) in [5.74, 6) is -2.22. The Hall–Kier alpha value is -2.19. The Bertz CT molecular complexity index is 524. The van der Waals surface area contributed by atoms with Gasteiger partial charge in [-0.05, 0) is 32.9 Å². The van der Waals surface area contributed by atoms with Gasteiger partial charge in [-0.3, -0.25) is 4.79 Å². The molecular formula is C16H22O8. The second-order valence-corrected chi connectivity index (χ2v) is 5.49. The van der Waals surface area contributed by atoms with Crippen LogP contribution in [0.1, 0.15) is 27.2 Å². The van der Waals surface area contributed by atoms with Crippen LogP contribution >= 0.6 is 0 Å². The summed E-state index contributed by atoms with van der Waals surface area (Å²) in [5.41, 5.74) is 0. The molecule has 0 saturated carbocycles. The summed E-state index contributed by atoms with van der Waals surface area (Å²) in [7, 11) is 0. The summed E-state index contributed by atoms with van der Waals surface area (Å²) >= 11 is 0. The van der Waals surface area contributed by atoms with Crippen molar-refractivity contribution in [2.75, 3.05) is 0 Å². The highest BCUT2D eigenvalue weighted by Gasteiger charge is 2.21. The molecule has 2 N–H and O–H groups in total. The van der Waals surface area contributed by atoms with Gasteiger partial charge in [-0.25, -0.2) is 9.59 Å². The Kier molecular flexibility index (Phi) is 7.60. The van der Waals surface area contributed by atoms with E-state index < -0.39 is 48.4 Å². The van der Waals surface area contributed by atoms with E-state index in [-0.39, 0.29) is 6.42 Å². The topological polar surface area (TPSA) is 119 Å². The Morgan fingerprint density at radius 1 is 0.833 bits per heavy atom. The number of cyclic esters (lactones) is 3. The van der Waals surface area contributed by atoms with Crippen molar-refractivity contribution in [3.05, 3.63) is 24.3 Å². The number of hydrogen-bond acceptors (Lipinski definition) is 8. The van der Waals surface area contributed by atoms with E-state index in [1.165, 1.54) is 20.8 Å². The molecule has 0 aromatic rings. The van der Waals surface area contributed by atoms with E-state index in [1.807, 2.05) is 0 Å². The van der Waals surface area contributed by atoms with Crippen LogP contribution in [0.15, 0.2) is 24.3 Å². The van der Waals surface area contributed by atoms with Crippen molar-refractivity contribution in [1.29, 1.82) is 0 Å². The van der Waals surface area contributed by atoms with E-state index in [2.05, 4.69) is 0 Å². The van der Waals surface area contributed by atoms with Crippen molar-refractivity contribution in [2.45, 2.75) is 57.7 Å². The Balaban J connectivity index is 2.91. The molecule has 8 nitrogen and oxygen atoms in total. The third-order valence-electron chi connectivity index (χ3n) is 3.21. The molecule has 5 atom stereocenters. The van der Waals surface area contributed by atoms with E-state index in [4.69, 9.17) is 14.2 Å². The van der Waals surface area contributed by atoms with E-state index in [0.29, 0.717) is 0 Å². The van der Waals surface area contributed by atoms with Gasteiger partial charge in [-0.2, -0.15) is 0 Å². The molecule has 0 amide bonds. The normalized spacial score (nSPS) is 36.2. The fraction of sp³-hybridized carbons (Fsp3) is 0.562. The van der Waals surface area contributed by atoms with E-state index in [9.17, 15) is 24.6 Å². The smallest absolute Gasteiger partial charge is 0.330 e. The van der Waals surface area contributed by atoms with Gasteiger partial charge in [0, 0.05) is 12.2 Å². The maximum absolute atomic E-state index is 11.7. The number of hydrogen-bond donors (Lipinski definition) is 2. The minimum absolute atomic E-state index is 0.193. The van der Waals surface area contributed by atoms with Crippen molar-refractivity contribution in [2.24, 2.45) is 0 Å². The highest BCUT2D eigenvalue weighted by molar-refractivity contribution is 5.83. The maximum Gasteiger partial charge on any atom is 0.330 e. The van der Waals surface area contributed by atoms with Gasteiger partial charge in [0.25, 0.3) is 0 Å². The van der Waals surface area contributed by atoms with Gasteiger partial charge in [0.2, 0.25) is 0 Å². The SMILES string of the molecule is C[C@@H]1OC(=O)/C=C/[C@H](O)[C@H](C)OC(=O)C[C@H](C)OC(=O)/C=C/[C@@H]1O. The molecule has 1 aliphatic rings. The summed E-state index contributed by atoms with van der Waals surface area (Å²) in [5, 5.41) is 19.6. The first-order valence-corrected chi connectivity index (χ1v) is 7.52. The first-order valence-electron chi connectivity index (χ1n) is 7.52. The molecule has 0 saturated heterocycles. The van der Waals surface area contributed by atoms with Crippen molar-refractivity contribution < 1.29 is 38.8 Å². The molecule has 0 bridgehead atoms. The fourth-order valence-corrected chi connectivity index (χ4v) is 1.80. The number of aliphatic hydroxyl groups excluding tert-OH is 2. The summed E-state index contributed by atoms with van der Waals surface area (Å²) < 4.78 is 14.9. The quantitative estimate of drug-likeness (QED) is 0.467. The predicted molar refractivity (Wildman–Crippen MR) is 81.6 cm³/mol. The van der Waals surface area contributed by atoms with Crippen LogP contribution in [0.2, 0.25) is 0 Å². The Morgan fingerprint density at radius 3 is 1.83 bits per heavy atom. The van der Waals surface area contributed by atoms with Crippen LogP contribution in [0.5, 0.6) is 0 Å². The zero-order chi connectivity index (χ0) is 18.3. The highest BCUT2D eigenvalue weighted by Crippen LogP contribution is 2.08. The van der Waals surface area contributed by atoms with E-state index in [1.54, 1.807) is 0 Å². The second-order valence-electron chi connectivity index (χ2n) is 5.49. The number of carbonyl (C=O) groups excluding carboxylic acids is 3. The first kappa shape index (κ1) is 19.9. The van der Waals surface area contributed by atoms with Gasteiger partial charge in [0.1, 0.15) is 30.5 Å².